The number of rotatable bonds is 18. The molecule has 0 radical (unpaired) electrons. The molecule has 0 saturated carbocycles. The van der Waals surface area contributed by atoms with Gasteiger partial charge in [0.25, 0.3) is 0 Å². The molecule has 0 amide bonds. The first-order chi connectivity index (χ1) is 22.1. The summed E-state index contributed by atoms with van der Waals surface area (Å²) < 4.78 is 71.8. The SMILES string of the molecule is CC(C)CCOC(=O)CC[C@H](NP(=O)(OC[C@H]1O[C@@H](n2ccc(N)nc2=O)C(F)(F)[C@@H]1O)Oc1ccccc1)C(=O)OCCC(C)C. The molecule has 1 saturated heterocycles. The number of nitrogen functional groups attached to an aromatic ring is 1. The van der Waals surface area contributed by atoms with Gasteiger partial charge in [0.15, 0.2) is 6.10 Å². The Morgan fingerprint density at radius 2 is 1.72 bits per heavy atom. The summed E-state index contributed by atoms with van der Waals surface area (Å²) in [6.07, 6.45) is -5.01. The van der Waals surface area contributed by atoms with Gasteiger partial charge >= 0.3 is 31.3 Å². The summed E-state index contributed by atoms with van der Waals surface area (Å²) in [6.45, 7) is 7.08. The Hall–Kier alpha value is -3.43. The van der Waals surface area contributed by atoms with Crippen LogP contribution in [0.25, 0.3) is 0 Å². The molecule has 14 nitrogen and oxygen atoms in total. The van der Waals surface area contributed by atoms with E-state index in [0.29, 0.717) is 23.3 Å². The second-order valence-corrected chi connectivity index (χ2v) is 13.6. The maximum Gasteiger partial charge on any atom is 0.459 e. The van der Waals surface area contributed by atoms with Crippen molar-refractivity contribution in [3.8, 4) is 5.75 Å². The summed E-state index contributed by atoms with van der Waals surface area (Å²) in [5.74, 6) is -5.14. The molecule has 2 heterocycles. The smallest absolute Gasteiger partial charge is 0.459 e. The Labute approximate surface area is 271 Å². The van der Waals surface area contributed by atoms with Crippen molar-refractivity contribution in [3.05, 3.63) is 53.1 Å². The van der Waals surface area contributed by atoms with Gasteiger partial charge in [0, 0.05) is 12.6 Å². The van der Waals surface area contributed by atoms with Gasteiger partial charge in [-0.1, -0.05) is 45.9 Å². The second kappa shape index (κ2) is 17.1. The molecule has 1 aromatic heterocycles. The molecule has 17 heteroatoms. The normalized spacial score (nSPS) is 20.9. The Balaban J connectivity index is 1.82. The van der Waals surface area contributed by atoms with Gasteiger partial charge in [0.1, 0.15) is 23.7 Å². The molecule has 0 bridgehead atoms. The number of nitrogens with zero attached hydrogens (tertiary/aromatic N) is 2. The largest absolute Gasteiger partial charge is 0.466 e. The van der Waals surface area contributed by atoms with E-state index in [9.17, 15) is 24.1 Å². The Morgan fingerprint density at radius 3 is 2.34 bits per heavy atom. The summed E-state index contributed by atoms with van der Waals surface area (Å²) in [6, 6.07) is 7.35. The number of anilines is 1. The van der Waals surface area contributed by atoms with Gasteiger partial charge in [-0.25, -0.2) is 9.36 Å². The lowest BCUT2D eigenvalue weighted by atomic mass is 10.1. The molecule has 0 spiro atoms. The predicted octanol–water partition coefficient (Wildman–Crippen LogP) is 3.84. The van der Waals surface area contributed by atoms with Gasteiger partial charge in [-0.3, -0.25) is 18.7 Å². The first kappa shape index (κ1) is 38.0. The number of para-hydroxylation sites is 1. The molecule has 1 fully saturated rings. The third kappa shape index (κ3) is 11.4. The number of nitrogens with one attached hydrogen (secondary N) is 1. The van der Waals surface area contributed by atoms with Crippen molar-refractivity contribution < 1.29 is 51.3 Å². The highest BCUT2D eigenvalue weighted by Gasteiger charge is 2.60. The number of carbonyl (C=O) groups is 2. The van der Waals surface area contributed by atoms with E-state index >= 15 is 8.78 Å². The van der Waals surface area contributed by atoms with Gasteiger partial charge in [-0.05, 0) is 49.3 Å². The maximum absolute atomic E-state index is 15.1. The quantitative estimate of drug-likeness (QED) is 0.151. The van der Waals surface area contributed by atoms with Crippen molar-refractivity contribution in [2.75, 3.05) is 25.6 Å². The molecule has 262 valence electrons. The van der Waals surface area contributed by atoms with Crippen LogP contribution in [0.1, 0.15) is 59.6 Å². The maximum atomic E-state index is 15.1. The van der Waals surface area contributed by atoms with Gasteiger partial charge in [0.2, 0.25) is 6.23 Å². The molecule has 2 aromatic rings. The standard InChI is InChI=1S/C30H43F2N4O10P/c1-19(2)13-16-42-25(37)11-10-22(27(39)43-17-14-20(3)4)35-47(41,46-21-8-6-5-7-9-21)44-18-23-26(38)30(31,32)28(45-23)36-15-12-24(33)34-29(36)40/h5-9,12,15,19-20,22-23,26,28,38H,10-11,13-14,16-18H2,1-4H3,(H,35,41)(H2,33,34,40)/t22-,23+,26+,28+,47?/m0/s1. The molecule has 5 atom stereocenters. The van der Waals surface area contributed by atoms with Crippen molar-refractivity contribution in [1.29, 1.82) is 0 Å². The number of ether oxygens (including phenoxy) is 3. The average molecular weight is 689 g/mol. The van der Waals surface area contributed by atoms with Crippen molar-refractivity contribution in [3.63, 3.8) is 0 Å². The minimum Gasteiger partial charge on any atom is -0.466 e. The number of hydrogen-bond donors (Lipinski definition) is 3. The zero-order valence-electron chi connectivity index (χ0n) is 26.8. The fourth-order valence-corrected chi connectivity index (χ4v) is 5.80. The monoisotopic (exact) mass is 688 g/mol. The zero-order chi connectivity index (χ0) is 34.8. The summed E-state index contributed by atoms with van der Waals surface area (Å²) >= 11 is 0. The van der Waals surface area contributed by atoms with Crippen LogP contribution in [0.4, 0.5) is 14.6 Å². The van der Waals surface area contributed by atoms with E-state index in [4.69, 9.17) is 29.0 Å². The van der Waals surface area contributed by atoms with E-state index in [1.165, 1.54) is 12.1 Å². The lowest BCUT2D eigenvalue weighted by Crippen LogP contribution is -2.42. The molecule has 47 heavy (non-hydrogen) atoms. The van der Waals surface area contributed by atoms with E-state index in [-0.39, 0.29) is 43.5 Å². The number of hydrogen-bond acceptors (Lipinski definition) is 12. The van der Waals surface area contributed by atoms with E-state index in [1.54, 1.807) is 18.2 Å². The van der Waals surface area contributed by atoms with Crippen molar-refractivity contribution in [2.24, 2.45) is 11.8 Å². The van der Waals surface area contributed by atoms with Crippen LogP contribution in [0.3, 0.4) is 0 Å². The number of halogens is 2. The third-order valence-electron chi connectivity index (χ3n) is 6.99. The first-order valence-electron chi connectivity index (χ1n) is 15.3. The van der Waals surface area contributed by atoms with Crippen molar-refractivity contribution >= 4 is 25.5 Å². The molecule has 1 aromatic carbocycles. The summed E-state index contributed by atoms with van der Waals surface area (Å²) in [5.41, 5.74) is 4.30. The fourth-order valence-electron chi connectivity index (χ4n) is 4.26. The van der Waals surface area contributed by atoms with Crippen LogP contribution in [0, 0.1) is 11.8 Å². The number of alkyl halides is 2. The number of aliphatic hydroxyl groups excluding tert-OH is 1. The summed E-state index contributed by atoms with van der Waals surface area (Å²) in [7, 11) is -4.66. The Morgan fingerprint density at radius 1 is 1.09 bits per heavy atom. The van der Waals surface area contributed by atoms with E-state index in [0.717, 1.165) is 12.3 Å². The molecule has 1 unspecified atom stereocenters. The number of carbonyl (C=O) groups excluding carboxylic acids is 2. The molecular weight excluding hydrogens is 645 g/mol. The highest BCUT2D eigenvalue weighted by Crippen LogP contribution is 2.48. The third-order valence-corrected chi connectivity index (χ3v) is 8.56. The molecule has 1 aliphatic heterocycles. The van der Waals surface area contributed by atoms with E-state index < -0.39 is 62.4 Å². The fraction of sp³-hybridized carbons (Fsp3) is 0.600. The minimum absolute atomic E-state index is 0.0268. The van der Waals surface area contributed by atoms with Crippen molar-refractivity contribution in [1.82, 2.24) is 14.6 Å². The Bertz CT molecular complexity index is 1430. The van der Waals surface area contributed by atoms with Crippen molar-refractivity contribution in [2.45, 2.75) is 83.8 Å². The predicted molar refractivity (Wildman–Crippen MR) is 165 cm³/mol. The van der Waals surface area contributed by atoms with Gasteiger partial charge in [-0.15, -0.1) is 0 Å². The number of nitrogens with two attached hydrogens (primary N) is 1. The molecule has 1 aliphatic rings. The summed E-state index contributed by atoms with van der Waals surface area (Å²) in [5, 5.41) is 12.9. The highest BCUT2D eigenvalue weighted by molar-refractivity contribution is 7.52. The first-order valence-corrected chi connectivity index (χ1v) is 16.8. The van der Waals surface area contributed by atoms with Crippen LogP contribution < -0.4 is 21.0 Å². The zero-order valence-corrected chi connectivity index (χ0v) is 27.6. The average Bonchev–Trinajstić information content (AvgIpc) is 3.21. The highest BCUT2D eigenvalue weighted by atomic mass is 31.2. The molecule has 4 N–H and O–H groups in total. The van der Waals surface area contributed by atoms with Crippen LogP contribution in [0.2, 0.25) is 0 Å². The lowest BCUT2D eigenvalue weighted by Gasteiger charge is -2.26. The molecule has 0 aliphatic carbocycles. The van der Waals surface area contributed by atoms with Gasteiger partial charge in [-0.2, -0.15) is 18.9 Å². The molecule has 3 rings (SSSR count). The Kier molecular flexibility index (Phi) is 13.8. The number of aromatic nitrogens is 2. The van der Waals surface area contributed by atoms with Crippen LogP contribution >= 0.6 is 7.75 Å². The van der Waals surface area contributed by atoms with Gasteiger partial charge in [0.05, 0.1) is 19.8 Å². The van der Waals surface area contributed by atoms with E-state index in [1.807, 2.05) is 27.7 Å². The van der Waals surface area contributed by atoms with Crippen LogP contribution in [0.15, 0.2) is 47.4 Å². The van der Waals surface area contributed by atoms with Crippen LogP contribution in [-0.2, 0) is 32.9 Å². The topological polar surface area (TPSA) is 191 Å². The number of aliphatic hydroxyl groups is 1. The second-order valence-electron chi connectivity index (χ2n) is 11.9. The lowest BCUT2D eigenvalue weighted by molar-refractivity contribution is -0.147. The van der Waals surface area contributed by atoms with Crippen LogP contribution in [0.5, 0.6) is 5.75 Å². The van der Waals surface area contributed by atoms with E-state index in [2.05, 4.69) is 10.1 Å². The molecular formula is C30H43F2N4O10P. The van der Waals surface area contributed by atoms with Crippen LogP contribution in [-0.4, -0.2) is 70.6 Å². The number of esters is 2. The minimum atomic E-state index is -4.66. The summed E-state index contributed by atoms with van der Waals surface area (Å²) in [4.78, 5) is 41.2. The number of benzene rings is 1. The van der Waals surface area contributed by atoms with Gasteiger partial charge < -0.3 is 29.6 Å².